The highest BCUT2D eigenvalue weighted by molar-refractivity contribution is 6.46. The fourth-order valence-corrected chi connectivity index (χ4v) is 3.61. The topological polar surface area (TPSA) is 67.9 Å². The van der Waals surface area contributed by atoms with E-state index in [1.807, 2.05) is 19.1 Å². The Labute approximate surface area is 184 Å². The normalized spacial score (nSPS) is 13.6. The number of amides is 2. The molecule has 0 saturated heterocycles. The second-order valence-electron chi connectivity index (χ2n) is 7.18. The average Bonchev–Trinajstić information content (AvgIpc) is 3.04. The molecular formula is C25H21FN2O4. The van der Waals surface area contributed by atoms with Gasteiger partial charge in [0.25, 0.3) is 11.8 Å². The summed E-state index contributed by atoms with van der Waals surface area (Å²) in [5, 5.41) is 3.07. The molecule has 3 aromatic rings. The third-order valence-electron chi connectivity index (χ3n) is 5.24. The molecule has 162 valence electrons. The van der Waals surface area contributed by atoms with Crippen LogP contribution < -0.4 is 19.7 Å². The van der Waals surface area contributed by atoms with Crippen LogP contribution in [0.3, 0.4) is 0 Å². The molecule has 0 atom stereocenters. The number of rotatable bonds is 6. The molecule has 0 saturated carbocycles. The minimum absolute atomic E-state index is 0.0661. The number of nitrogens with zero attached hydrogens (tertiary/aromatic N) is 1. The van der Waals surface area contributed by atoms with Gasteiger partial charge in [0, 0.05) is 6.07 Å². The van der Waals surface area contributed by atoms with Gasteiger partial charge in [0.05, 0.1) is 31.2 Å². The van der Waals surface area contributed by atoms with Crippen LogP contribution in [0.5, 0.6) is 11.5 Å². The Balaban J connectivity index is 1.87. The standard InChI is InChI=1S/C25H21FN2O4/c1-15-6-4-5-7-20(15)28-24(29)22(16-8-10-17(26)11-9-16)23(25(28)30)27-19-14-18(31-2)12-13-21(19)32-3/h4-14,27H,1-3H3. The van der Waals surface area contributed by atoms with Crippen molar-refractivity contribution in [2.45, 2.75) is 6.92 Å². The van der Waals surface area contributed by atoms with E-state index in [0.717, 1.165) is 10.5 Å². The molecule has 32 heavy (non-hydrogen) atoms. The summed E-state index contributed by atoms with van der Waals surface area (Å²) in [5.74, 6) is -0.448. The minimum Gasteiger partial charge on any atom is -0.497 e. The van der Waals surface area contributed by atoms with Crippen LogP contribution in [0.25, 0.3) is 5.57 Å². The van der Waals surface area contributed by atoms with Gasteiger partial charge in [-0.1, -0.05) is 30.3 Å². The lowest BCUT2D eigenvalue weighted by Crippen LogP contribution is -2.33. The molecule has 0 spiro atoms. The van der Waals surface area contributed by atoms with E-state index in [1.165, 1.54) is 38.5 Å². The maximum Gasteiger partial charge on any atom is 0.282 e. The molecule has 0 unspecified atom stereocenters. The van der Waals surface area contributed by atoms with E-state index in [2.05, 4.69) is 5.32 Å². The van der Waals surface area contributed by atoms with Crippen LogP contribution in [-0.4, -0.2) is 26.0 Å². The van der Waals surface area contributed by atoms with E-state index in [4.69, 9.17) is 9.47 Å². The van der Waals surface area contributed by atoms with Gasteiger partial charge in [-0.05, 0) is 48.4 Å². The van der Waals surface area contributed by atoms with Crippen LogP contribution in [0, 0.1) is 12.7 Å². The van der Waals surface area contributed by atoms with Gasteiger partial charge in [0.2, 0.25) is 0 Å². The maximum atomic E-state index is 13.5. The number of halogens is 1. The fraction of sp³-hybridized carbons (Fsp3) is 0.120. The molecule has 6 nitrogen and oxygen atoms in total. The number of anilines is 2. The second-order valence-corrected chi connectivity index (χ2v) is 7.18. The van der Waals surface area contributed by atoms with E-state index in [9.17, 15) is 14.0 Å². The highest BCUT2D eigenvalue weighted by Crippen LogP contribution is 2.37. The van der Waals surface area contributed by atoms with Crippen LogP contribution in [0.4, 0.5) is 15.8 Å². The van der Waals surface area contributed by atoms with Gasteiger partial charge in [-0.25, -0.2) is 9.29 Å². The number of hydrogen-bond acceptors (Lipinski definition) is 5. The first-order chi connectivity index (χ1) is 15.4. The number of carbonyl (C=O) groups is 2. The zero-order chi connectivity index (χ0) is 22.8. The molecule has 2 amide bonds. The summed E-state index contributed by atoms with van der Waals surface area (Å²) in [6.45, 7) is 1.82. The van der Waals surface area contributed by atoms with Crippen LogP contribution in [-0.2, 0) is 9.59 Å². The number of methoxy groups -OCH3 is 2. The lowest BCUT2D eigenvalue weighted by Gasteiger charge is -2.18. The summed E-state index contributed by atoms with van der Waals surface area (Å²) in [7, 11) is 3.03. The third-order valence-corrected chi connectivity index (χ3v) is 5.24. The van der Waals surface area contributed by atoms with Gasteiger partial charge in [-0.2, -0.15) is 0 Å². The van der Waals surface area contributed by atoms with E-state index in [1.54, 1.807) is 30.3 Å². The zero-order valence-electron chi connectivity index (χ0n) is 17.8. The molecule has 4 rings (SSSR count). The SMILES string of the molecule is COc1ccc(OC)c(NC2=C(c3ccc(F)cc3)C(=O)N(c3ccccc3C)C2=O)c1. The first kappa shape index (κ1) is 21.1. The zero-order valence-corrected chi connectivity index (χ0v) is 17.8. The van der Waals surface area contributed by atoms with Gasteiger partial charge in [-0.3, -0.25) is 9.59 Å². The second kappa shape index (κ2) is 8.55. The van der Waals surface area contributed by atoms with Crippen LogP contribution >= 0.6 is 0 Å². The Morgan fingerprint density at radius 2 is 1.59 bits per heavy atom. The maximum absolute atomic E-state index is 13.5. The summed E-state index contributed by atoms with van der Waals surface area (Å²) in [5.41, 5.74) is 2.34. The van der Waals surface area contributed by atoms with Gasteiger partial charge >= 0.3 is 0 Å². The predicted molar refractivity (Wildman–Crippen MR) is 120 cm³/mol. The van der Waals surface area contributed by atoms with Gasteiger partial charge in [0.15, 0.2) is 0 Å². The van der Waals surface area contributed by atoms with Crippen LogP contribution in [0.2, 0.25) is 0 Å². The molecule has 0 aromatic heterocycles. The number of benzene rings is 3. The highest BCUT2D eigenvalue weighted by atomic mass is 19.1. The fourth-order valence-electron chi connectivity index (χ4n) is 3.61. The van der Waals surface area contributed by atoms with Crippen molar-refractivity contribution >= 4 is 28.8 Å². The first-order valence-corrected chi connectivity index (χ1v) is 9.88. The molecule has 7 heteroatoms. The van der Waals surface area contributed by atoms with Crippen molar-refractivity contribution in [2.24, 2.45) is 0 Å². The Morgan fingerprint density at radius 3 is 2.25 bits per heavy atom. The third kappa shape index (κ3) is 3.69. The molecule has 3 aromatic carbocycles. The molecule has 0 aliphatic carbocycles. The Hall–Kier alpha value is -4.13. The van der Waals surface area contributed by atoms with Crippen molar-refractivity contribution < 1.29 is 23.5 Å². The van der Waals surface area contributed by atoms with Gasteiger partial charge < -0.3 is 14.8 Å². The Morgan fingerprint density at radius 1 is 0.875 bits per heavy atom. The summed E-state index contributed by atoms with van der Waals surface area (Å²) in [4.78, 5) is 28.1. The van der Waals surface area contributed by atoms with E-state index >= 15 is 0 Å². The summed E-state index contributed by atoms with van der Waals surface area (Å²) >= 11 is 0. The van der Waals surface area contributed by atoms with E-state index in [-0.39, 0.29) is 11.3 Å². The van der Waals surface area contributed by atoms with E-state index < -0.39 is 17.6 Å². The Bertz CT molecular complexity index is 1230. The average molecular weight is 432 g/mol. The predicted octanol–water partition coefficient (Wildman–Crippen LogP) is 4.55. The lowest BCUT2D eigenvalue weighted by atomic mass is 10.0. The van der Waals surface area contributed by atoms with Gasteiger partial charge in [-0.15, -0.1) is 0 Å². The molecule has 1 aliphatic heterocycles. The summed E-state index contributed by atoms with van der Waals surface area (Å²) < 4.78 is 24.2. The molecule has 0 radical (unpaired) electrons. The number of ether oxygens (including phenoxy) is 2. The van der Waals surface area contributed by atoms with Crippen molar-refractivity contribution in [2.75, 3.05) is 24.4 Å². The summed E-state index contributed by atoms with van der Waals surface area (Å²) in [6, 6.07) is 17.7. The van der Waals surface area contributed by atoms with Crippen LogP contribution in [0.15, 0.2) is 72.4 Å². The number of hydrogen-bond donors (Lipinski definition) is 1. The molecule has 1 heterocycles. The Kier molecular flexibility index (Phi) is 5.64. The highest BCUT2D eigenvalue weighted by Gasteiger charge is 2.41. The van der Waals surface area contributed by atoms with Crippen molar-refractivity contribution in [3.05, 3.63) is 89.4 Å². The van der Waals surface area contributed by atoms with Crippen molar-refractivity contribution in [3.8, 4) is 11.5 Å². The molecule has 1 aliphatic rings. The monoisotopic (exact) mass is 432 g/mol. The number of carbonyl (C=O) groups excluding carboxylic acids is 2. The largest absolute Gasteiger partial charge is 0.497 e. The van der Waals surface area contributed by atoms with Crippen molar-refractivity contribution in [3.63, 3.8) is 0 Å². The number of nitrogens with one attached hydrogen (secondary N) is 1. The van der Waals surface area contributed by atoms with Gasteiger partial charge in [0.1, 0.15) is 23.0 Å². The minimum atomic E-state index is -0.520. The molecule has 0 fully saturated rings. The molecular weight excluding hydrogens is 411 g/mol. The van der Waals surface area contributed by atoms with Crippen LogP contribution in [0.1, 0.15) is 11.1 Å². The lowest BCUT2D eigenvalue weighted by molar-refractivity contribution is -0.120. The molecule has 0 bridgehead atoms. The first-order valence-electron chi connectivity index (χ1n) is 9.88. The van der Waals surface area contributed by atoms with E-state index in [0.29, 0.717) is 28.4 Å². The summed E-state index contributed by atoms with van der Waals surface area (Å²) in [6.07, 6.45) is 0. The number of para-hydroxylation sites is 1. The van der Waals surface area contributed by atoms with Crippen molar-refractivity contribution in [1.29, 1.82) is 0 Å². The van der Waals surface area contributed by atoms with Crippen molar-refractivity contribution in [1.82, 2.24) is 0 Å². The molecule has 1 N–H and O–H groups in total. The number of aryl methyl sites for hydroxylation is 1. The number of imide groups is 1. The smallest absolute Gasteiger partial charge is 0.282 e. The quantitative estimate of drug-likeness (QED) is 0.579.